The maximum atomic E-state index is 11.0. The Morgan fingerprint density at radius 1 is 1.10 bits per heavy atom. The Labute approximate surface area is 115 Å². The van der Waals surface area contributed by atoms with E-state index in [4.69, 9.17) is 18.9 Å². The molecular weight excluding hydrogens is 272 g/mol. The summed E-state index contributed by atoms with van der Waals surface area (Å²) in [4.78, 5) is 32.7. The van der Waals surface area contributed by atoms with Crippen LogP contribution < -0.4 is 0 Å². The Bertz CT molecular complexity index is 380. The Hall–Kier alpha value is -1.67. The van der Waals surface area contributed by atoms with Gasteiger partial charge in [-0.2, -0.15) is 0 Å². The monoisotopic (exact) mass is 290 g/mol. The van der Waals surface area contributed by atoms with Gasteiger partial charge in [0.05, 0.1) is 6.10 Å². The van der Waals surface area contributed by atoms with Crippen LogP contribution in [0.1, 0.15) is 27.2 Å². The highest BCUT2D eigenvalue weighted by Gasteiger charge is 2.42. The molecule has 0 saturated carbocycles. The van der Waals surface area contributed by atoms with Crippen LogP contribution in [0, 0.1) is 0 Å². The summed E-state index contributed by atoms with van der Waals surface area (Å²) in [5.74, 6) is -1.71. The van der Waals surface area contributed by atoms with Crippen LogP contribution in [0.5, 0.6) is 0 Å². The fourth-order valence-electron chi connectivity index (χ4n) is 1.85. The van der Waals surface area contributed by atoms with E-state index in [1.165, 1.54) is 20.8 Å². The molecule has 114 valence electrons. The highest BCUT2D eigenvalue weighted by Crippen LogP contribution is 2.24. The van der Waals surface area contributed by atoms with Crippen molar-refractivity contribution in [2.45, 2.75) is 51.8 Å². The van der Waals surface area contributed by atoms with Crippen molar-refractivity contribution in [3.05, 3.63) is 0 Å². The van der Waals surface area contributed by atoms with E-state index in [2.05, 4.69) is 0 Å². The van der Waals surface area contributed by atoms with Gasteiger partial charge in [-0.15, -0.1) is 0 Å². The molecule has 8 nitrogen and oxygen atoms in total. The Kier molecular flexibility index (Phi) is 5.90. The van der Waals surface area contributed by atoms with Crippen LogP contribution in [0.2, 0.25) is 0 Å². The molecule has 0 aromatic carbocycles. The fraction of sp³-hybridized carbons (Fsp3) is 0.750. The van der Waals surface area contributed by atoms with Crippen molar-refractivity contribution in [1.29, 1.82) is 0 Å². The van der Waals surface area contributed by atoms with Crippen molar-refractivity contribution in [2.24, 2.45) is 0 Å². The summed E-state index contributed by atoms with van der Waals surface area (Å²) in [6.07, 6.45) is -3.99. The molecule has 8 heteroatoms. The lowest BCUT2D eigenvalue weighted by Crippen LogP contribution is -2.53. The van der Waals surface area contributed by atoms with Crippen molar-refractivity contribution in [2.75, 3.05) is 6.61 Å². The number of ether oxygens (including phenoxy) is 4. The van der Waals surface area contributed by atoms with Gasteiger partial charge in [-0.25, -0.2) is 0 Å². The largest absolute Gasteiger partial charge is 0.463 e. The number of aliphatic hydroxyl groups is 1. The zero-order chi connectivity index (χ0) is 15.3. The number of esters is 3. The summed E-state index contributed by atoms with van der Waals surface area (Å²) in [6, 6.07) is 0. The Morgan fingerprint density at radius 3 is 2.20 bits per heavy atom. The van der Waals surface area contributed by atoms with Gasteiger partial charge in [0.15, 0.2) is 6.10 Å². The molecule has 1 aliphatic heterocycles. The molecule has 1 saturated heterocycles. The number of carbonyl (C=O) groups excluding carboxylic acids is 3. The van der Waals surface area contributed by atoms with Gasteiger partial charge in [0.1, 0.15) is 12.7 Å². The highest BCUT2D eigenvalue weighted by molar-refractivity contribution is 5.67. The van der Waals surface area contributed by atoms with Crippen molar-refractivity contribution in [1.82, 2.24) is 0 Å². The molecule has 4 unspecified atom stereocenters. The predicted octanol–water partition coefficient (Wildman–Crippen LogP) is -0.480. The van der Waals surface area contributed by atoms with Crippen LogP contribution in [0.3, 0.4) is 0 Å². The summed E-state index contributed by atoms with van der Waals surface area (Å²) in [6.45, 7) is 3.38. The Balaban J connectivity index is 2.73. The summed E-state index contributed by atoms with van der Waals surface area (Å²) in [7, 11) is 0. The van der Waals surface area contributed by atoms with E-state index in [1.54, 1.807) is 0 Å². The summed E-state index contributed by atoms with van der Waals surface area (Å²) in [5, 5.41) is 9.95. The van der Waals surface area contributed by atoms with Gasteiger partial charge in [-0.3, -0.25) is 14.4 Å². The number of hydrogen-bond acceptors (Lipinski definition) is 8. The molecule has 4 atom stereocenters. The van der Waals surface area contributed by atoms with Crippen molar-refractivity contribution < 1.29 is 38.4 Å². The van der Waals surface area contributed by atoms with Crippen LogP contribution in [-0.2, 0) is 33.3 Å². The first-order valence-electron chi connectivity index (χ1n) is 6.11. The molecule has 1 fully saturated rings. The van der Waals surface area contributed by atoms with Gasteiger partial charge in [0.2, 0.25) is 6.29 Å². The maximum absolute atomic E-state index is 11.0. The average molecular weight is 290 g/mol. The van der Waals surface area contributed by atoms with Gasteiger partial charge >= 0.3 is 17.9 Å². The van der Waals surface area contributed by atoms with Crippen LogP contribution in [0.4, 0.5) is 0 Å². The first-order valence-corrected chi connectivity index (χ1v) is 6.11. The molecule has 0 amide bonds. The van der Waals surface area contributed by atoms with Crippen LogP contribution in [0.25, 0.3) is 0 Å². The molecule has 20 heavy (non-hydrogen) atoms. The average Bonchev–Trinajstić information content (AvgIpc) is 2.29. The zero-order valence-corrected chi connectivity index (χ0v) is 11.5. The number of rotatable bonds is 4. The van der Waals surface area contributed by atoms with E-state index >= 15 is 0 Å². The highest BCUT2D eigenvalue weighted by atomic mass is 16.7. The third-order valence-electron chi connectivity index (χ3n) is 2.56. The molecule has 0 aliphatic carbocycles. The normalized spacial score (nSPS) is 29.4. The molecule has 1 heterocycles. The number of hydrogen-bond donors (Lipinski definition) is 1. The van der Waals surface area contributed by atoms with Crippen LogP contribution in [-0.4, -0.2) is 54.2 Å². The minimum atomic E-state index is -1.09. The van der Waals surface area contributed by atoms with Gasteiger partial charge in [0, 0.05) is 27.2 Å². The molecule has 0 bridgehead atoms. The Morgan fingerprint density at radius 2 is 1.70 bits per heavy atom. The SMILES string of the molecule is CC(=O)OCC1OC(OC(C)=O)CC(O)C1OC(C)=O. The van der Waals surface area contributed by atoms with E-state index in [0.717, 1.165) is 0 Å². The number of carbonyl (C=O) groups is 3. The second-order valence-electron chi connectivity index (χ2n) is 4.39. The zero-order valence-electron chi connectivity index (χ0n) is 11.5. The fourth-order valence-corrected chi connectivity index (χ4v) is 1.85. The van der Waals surface area contributed by atoms with E-state index in [1.807, 2.05) is 0 Å². The second-order valence-corrected chi connectivity index (χ2v) is 4.39. The minimum absolute atomic E-state index is 0.0336. The van der Waals surface area contributed by atoms with Gasteiger partial charge in [0.25, 0.3) is 0 Å². The molecule has 0 aromatic heterocycles. The maximum Gasteiger partial charge on any atom is 0.304 e. The van der Waals surface area contributed by atoms with E-state index in [9.17, 15) is 19.5 Å². The topological polar surface area (TPSA) is 108 Å². The van der Waals surface area contributed by atoms with Gasteiger partial charge in [-0.05, 0) is 0 Å². The third kappa shape index (κ3) is 5.14. The predicted molar refractivity (Wildman–Crippen MR) is 63.2 cm³/mol. The molecule has 0 spiro atoms. The molecule has 0 aromatic rings. The lowest BCUT2D eigenvalue weighted by molar-refractivity contribution is -0.256. The second kappa shape index (κ2) is 7.20. The quantitative estimate of drug-likeness (QED) is 0.546. The smallest absolute Gasteiger partial charge is 0.304 e. The van der Waals surface area contributed by atoms with Crippen LogP contribution >= 0.6 is 0 Å². The summed E-state index contributed by atoms with van der Waals surface area (Å²) in [5.41, 5.74) is 0. The molecular formula is C12H18O8. The van der Waals surface area contributed by atoms with Crippen molar-refractivity contribution in [3.63, 3.8) is 0 Å². The van der Waals surface area contributed by atoms with E-state index in [-0.39, 0.29) is 13.0 Å². The minimum Gasteiger partial charge on any atom is -0.463 e. The molecule has 1 aliphatic rings. The van der Waals surface area contributed by atoms with Crippen LogP contribution in [0.15, 0.2) is 0 Å². The molecule has 1 rings (SSSR count). The molecule has 0 radical (unpaired) electrons. The van der Waals surface area contributed by atoms with Gasteiger partial charge < -0.3 is 24.1 Å². The lowest BCUT2D eigenvalue weighted by atomic mass is 10.0. The lowest BCUT2D eigenvalue weighted by Gasteiger charge is -2.37. The first kappa shape index (κ1) is 16.4. The molecule has 1 N–H and O–H groups in total. The van der Waals surface area contributed by atoms with E-state index < -0.39 is 42.5 Å². The standard InChI is InChI=1S/C12H18O8/c1-6(13)17-5-10-12(19-8(3)15)9(16)4-11(20-10)18-7(2)14/h9-12,16H,4-5H2,1-3H3. The van der Waals surface area contributed by atoms with Crippen molar-refractivity contribution >= 4 is 17.9 Å². The third-order valence-corrected chi connectivity index (χ3v) is 2.56. The van der Waals surface area contributed by atoms with E-state index in [0.29, 0.717) is 0 Å². The van der Waals surface area contributed by atoms with Gasteiger partial charge in [-0.1, -0.05) is 0 Å². The first-order chi connectivity index (χ1) is 9.29. The van der Waals surface area contributed by atoms with Crippen molar-refractivity contribution in [3.8, 4) is 0 Å². The number of aliphatic hydroxyl groups excluding tert-OH is 1. The summed E-state index contributed by atoms with van der Waals surface area (Å²) >= 11 is 0. The summed E-state index contributed by atoms with van der Waals surface area (Å²) < 4.78 is 20.0.